The first-order valence-corrected chi connectivity index (χ1v) is 6.53. The molecule has 1 aromatic heterocycles. The Labute approximate surface area is 120 Å². The van der Waals surface area contributed by atoms with E-state index in [-0.39, 0.29) is 5.02 Å². The van der Waals surface area contributed by atoms with Crippen LogP contribution in [0.5, 0.6) is 0 Å². The van der Waals surface area contributed by atoms with Gasteiger partial charge >= 0.3 is 0 Å². The van der Waals surface area contributed by atoms with Crippen molar-refractivity contribution < 1.29 is 9.18 Å². The largest absolute Gasteiger partial charge is 0.343 e. The van der Waals surface area contributed by atoms with Crippen LogP contribution in [0.4, 0.5) is 4.39 Å². The van der Waals surface area contributed by atoms with Crippen molar-refractivity contribution in [3.8, 4) is 0 Å². The van der Waals surface area contributed by atoms with E-state index in [0.29, 0.717) is 12.1 Å². The van der Waals surface area contributed by atoms with Crippen LogP contribution in [0.15, 0.2) is 48.7 Å². The Hall–Kier alpha value is -2.13. The molecule has 0 fully saturated rings. The highest BCUT2D eigenvalue weighted by Crippen LogP contribution is 2.20. The zero-order valence-corrected chi connectivity index (χ0v) is 11.3. The van der Waals surface area contributed by atoms with Crippen molar-refractivity contribution in [3.05, 3.63) is 70.6 Å². The molecular weight excluding hydrogens is 277 g/mol. The standard InChI is InChI=1S/C16H11ClFNO/c17-14-4-2-11(7-15(14)18)9-19-6-5-13-3-1-12(10-20)8-16(13)19/h1-8,10H,9H2. The van der Waals surface area contributed by atoms with Gasteiger partial charge in [-0.1, -0.05) is 29.8 Å². The fourth-order valence-corrected chi connectivity index (χ4v) is 2.36. The normalized spacial score (nSPS) is 10.9. The van der Waals surface area contributed by atoms with Gasteiger partial charge in [0.15, 0.2) is 0 Å². The van der Waals surface area contributed by atoms with Gasteiger partial charge in [0.05, 0.1) is 5.02 Å². The first-order valence-electron chi connectivity index (χ1n) is 6.15. The van der Waals surface area contributed by atoms with Crippen LogP contribution in [-0.2, 0) is 6.54 Å². The number of hydrogen-bond donors (Lipinski definition) is 0. The molecule has 4 heteroatoms. The van der Waals surface area contributed by atoms with Crippen molar-refractivity contribution in [2.75, 3.05) is 0 Å². The fraction of sp³-hybridized carbons (Fsp3) is 0.0625. The molecule has 0 radical (unpaired) electrons. The monoisotopic (exact) mass is 287 g/mol. The number of benzene rings is 2. The Kier molecular flexibility index (Phi) is 3.28. The highest BCUT2D eigenvalue weighted by molar-refractivity contribution is 6.30. The minimum Gasteiger partial charge on any atom is -0.343 e. The number of aromatic nitrogens is 1. The van der Waals surface area contributed by atoms with Crippen molar-refractivity contribution >= 4 is 28.8 Å². The summed E-state index contributed by atoms with van der Waals surface area (Å²) in [4.78, 5) is 10.9. The molecule has 0 atom stereocenters. The fourth-order valence-electron chi connectivity index (χ4n) is 2.25. The van der Waals surface area contributed by atoms with Gasteiger partial charge in [-0.15, -0.1) is 0 Å². The molecule has 0 spiro atoms. The Morgan fingerprint density at radius 1 is 1.15 bits per heavy atom. The van der Waals surface area contributed by atoms with E-state index in [1.807, 2.05) is 29.0 Å². The summed E-state index contributed by atoms with van der Waals surface area (Å²) in [6, 6.07) is 12.2. The zero-order chi connectivity index (χ0) is 14.1. The quantitative estimate of drug-likeness (QED) is 0.659. The number of nitrogens with zero attached hydrogens (tertiary/aromatic N) is 1. The van der Waals surface area contributed by atoms with E-state index in [1.165, 1.54) is 6.07 Å². The topological polar surface area (TPSA) is 22.0 Å². The van der Waals surface area contributed by atoms with Crippen molar-refractivity contribution in [2.24, 2.45) is 0 Å². The maximum absolute atomic E-state index is 13.5. The summed E-state index contributed by atoms with van der Waals surface area (Å²) in [5.41, 5.74) is 2.39. The smallest absolute Gasteiger partial charge is 0.150 e. The minimum absolute atomic E-state index is 0.120. The van der Waals surface area contributed by atoms with Gasteiger partial charge in [0.1, 0.15) is 12.1 Å². The molecule has 2 nitrogen and oxygen atoms in total. The number of hydrogen-bond acceptors (Lipinski definition) is 1. The maximum atomic E-state index is 13.5. The highest BCUT2D eigenvalue weighted by Gasteiger charge is 2.05. The van der Waals surface area contributed by atoms with Gasteiger partial charge in [0.25, 0.3) is 0 Å². The number of carbonyl (C=O) groups excluding carboxylic acids is 1. The lowest BCUT2D eigenvalue weighted by Gasteiger charge is -2.07. The molecule has 0 aliphatic heterocycles. The molecule has 2 aromatic carbocycles. The van der Waals surface area contributed by atoms with Gasteiger partial charge in [0, 0.05) is 23.8 Å². The summed E-state index contributed by atoms with van der Waals surface area (Å²) in [6.45, 7) is 0.528. The van der Waals surface area contributed by atoms with Crippen molar-refractivity contribution in [3.63, 3.8) is 0 Å². The molecule has 100 valence electrons. The predicted octanol–water partition coefficient (Wildman–Crippen LogP) is 4.29. The molecule has 0 saturated heterocycles. The Balaban J connectivity index is 2.01. The summed E-state index contributed by atoms with van der Waals surface area (Å²) in [5.74, 6) is -0.422. The van der Waals surface area contributed by atoms with Gasteiger partial charge < -0.3 is 4.57 Å². The summed E-state index contributed by atoms with van der Waals surface area (Å²) >= 11 is 5.68. The number of carbonyl (C=O) groups is 1. The van der Waals surface area contributed by atoms with Crippen LogP contribution < -0.4 is 0 Å². The lowest BCUT2D eigenvalue weighted by Crippen LogP contribution is -1.98. The minimum atomic E-state index is -0.422. The lowest BCUT2D eigenvalue weighted by molar-refractivity contribution is 0.112. The maximum Gasteiger partial charge on any atom is 0.150 e. The molecule has 0 N–H and O–H groups in total. The van der Waals surface area contributed by atoms with Gasteiger partial charge in [-0.05, 0) is 35.2 Å². The Morgan fingerprint density at radius 3 is 2.75 bits per heavy atom. The molecular formula is C16H11ClFNO. The van der Waals surface area contributed by atoms with E-state index in [2.05, 4.69) is 0 Å². The number of halogens is 2. The first-order chi connectivity index (χ1) is 9.67. The molecule has 3 aromatic rings. The third-order valence-electron chi connectivity index (χ3n) is 3.27. The van der Waals surface area contributed by atoms with Crippen LogP contribution in [0.3, 0.4) is 0 Å². The lowest BCUT2D eigenvalue weighted by atomic mass is 10.2. The van der Waals surface area contributed by atoms with Crippen molar-refractivity contribution in [1.82, 2.24) is 4.57 Å². The highest BCUT2D eigenvalue weighted by atomic mass is 35.5. The molecule has 1 heterocycles. The van der Waals surface area contributed by atoms with Gasteiger partial charge in [0.2, 0.25) is 0 Å². The molecule has 0 aliphatic rings. The van der Waals surface area contributed by atoms with E-state index in [1.54, 1.807) is 18.2 Å². The van der Waals surface area contributed by atoms with Gasteiger partial charge in [-0.3, -0.25) is 4.79 Å². The third-order valence-corrected chi connectivity index (χ3v) is 3.58. The summed E-state index contributed by atoms with van der Waals surface area (Å²) < 4.78 is 15.4. The van der Waals surface area contributed by atoms with E-state index >= 15 is 0 Å². The van der Waals surface area contributed by atoms with Crippen LogP contribution in [0.2, 0.25) is 5.02 Å². The third kappa shape index (κ3) is 2.32. The van der Waals surface area contributed by atoms with E-state index in [9.17, 15) is 9.18 Å². The second-order valence-electron chi connectivity index (χ2n) is 4.63. The SMILES string of the molecule is O=Cc1ccc2ccn(Cc3ccc(Cl)c(F)c3)c2c1. The first kappa shape index (κ1) is 12.9. The van der Waals surface area contributed by atoms with Crippen LogP contribution in [-0.4, -0.2) is 10.9 Å². The molecule has 0 unspecified atom stereocenters. The Morgan fingerprint density at radius 2 is 2.00 bits per heavy atom. The number of fused-ring (bicyclic) bond motifs is 1. The average Bonchev–Trinajstić information content (AvgIpc) is 2.85. The summed E-state index contributed by atoms with van der Waals surface area (Å²) in [5, 5.41) is 1.17. The van der Waals surface area contributed by atoms with Gasteiger partial charge in [-0.2, -0.15) is 0 Å². The molecule has 3 rings (SSSR count). The second kappa shape index (κ2) is 5.10. The van der Waals surface area contributed by atoms with Crippen LogP contribution >= 0.6 is 11.6 Å². The number of rotatable bonds is 3. The molecule has 0 aliphatic carbocycles. The summed E-state index contributed by atoms with van der Waals surface area (Å²) in [6.07, 6.45) is 2.74. The van der Waals surface area contributed by atoms with Crippen LogP contribution in [0.1, 0.15) is 15.9 Å². The molecule has 0 saturated carbocycles. The Bertz CT molecular complexity index is 794. The van der Waals surface area contributed by atoms with E-state index in [0.717, 1.165) is 22.8 Å². The van der Waals surface area contributed by atoms with Crippen LogP contribution in [0, 0.1) is 5.82 Å². The predicted molar refractivity (Wildman–Crippen MR) is 77.8 cm³/mol. The zero-order valence-electron chi connectivity index (χ0n) is 10.5. The van der Waals surface area contributed by atoms with Gasteiger partial charge in [-0.25, -0.2) is 4.39 Å². The van der Waals surface area contributed by atoms with E-state index in [4.69, 9.17) is 11.6 Å². The summed E-state index contributed by atoms with van der Waals surface area (Å²) in [7, 11) is 0. The second-order valence-corrected chi connectivity index (χ2v) is 5.04. The van der Waals surface area contributed by atoms with Crippen molar-refractivity contribution in [1.29, 1.82) is 0 Å². The average molecular weight is 288 g/mol. The van der Waals surface area contributed by atoms with Crippen molar-refractivity contribution in [2.45, 2.75) is 6.54 Å². The number of aldehydes is 1. The van der Waals surface area contributed by atoms with Crippen LogP contribution in [0.25, 0.3) is 10.9 Å². The molecule has 0 bridgehead atoms. The van der Waals surface area contributed by atoms with E-state index < -0.39 is 5.82 Å². The molecule has 20 heavy (non-hydrogen) atoms. The molecule has 0 amide bonds.